The van der Waals surface area contributed by atoms with Gasteiger partial charge in [-0.15, -0.1) is 0 Å². The number of anilines is 2. The van der Waals surface area contributed by atoms with Crippen molar-refractivity contribution in [2.24, 2.45) is 0 Å². The normalized spacial score (nSPS) is 10.5. The van der Waals surface area contributed by atoms with E-state index in [0.29, 0.717) is 17.1 Å². The summed E-state index contributed by atoms with van der Waals surface area (Å²) in [6, 6.07) is 14.5. The van der Waals surface area contributed by atoms with E-state index in [9.17, 15) is 19.5 Å². The molecule has 0 saturated heterocycles. The second-order valence-electron chi connectivity index (χ2n) is 8.25. The predicted octanol–water partition coefficient (Wildman–Crippen LogP) is 4.00. The van der Waals surface area contributed by atoms with Crippen molar-refractivity contribution in [2.45, 2.75) is 0 Å². The number of hydrogen-bond acceptors (Lipinski definition) is 7. The molecule has 3 aromatic carbocycles. The fraction of sp³-hybridized carbons (Fsp3) is 0.222. The van der Waals surface area contributed by atoms with Crippen LogP contribution in [0.2, 0.25) is 0 Å². The van der Waals surface area contributed by atoms with Crippen molar-refractivity contribution in [2.75, 3.05) is 52.2 Å². The van der Waals surface area contributed by atoms with Gasteiger partial charge in [0.05, 0.1) is 30.9 Å². The van der Waals surface area contributed by atoms with E-state index in [0.717, 1.165) is 0 Å². The maximum atomic E-state index is 13.9. The molecule has 0 heterocycles. The van der Waals surface area contributed by atoms with Crippen LogP contribution in [0.4, 0.5) is 11.4 Å². The fourth-order valence-corrected chi connectivity index (χ4v) is 3.73. The van der Waals surface area contributed by atoms with E-state index in [1.165, 1.54) is 26.4 Å². The minimum atomic E-state index is -1.25. The molecule has 0 bridgehead atoms. The number of ketones is 2. The smallest absolute Gasteiger partial charge is 0.336 e. The molecule has 0 saturated carbocycles. The average molecular weight is 477 g/mol. The molecule has 8 heteroatoms. The molecule has 0 spiro atoms. The zero-order valence-electron chi connectivity index (χ0n) is 20.6. The third kappa shape index (κ3) is 4.96. The first-order valence-corrected chi connectivity index (χ1v) is 10.8. The Hall–Kier alpha value is -4.33. The zero-order chi connectivity index (χ0) is 25.9. The molecular formula is C27H28N2O6. The lowest BCUT2D eigenvalue weighted by Gasteiger charge is -2.20. The maximum Gasteiger partial charge on any atom is 0.336 e. The SMILES string of the molecule is COc1ccccc1C(=O)c1c(OC)cc(N(C)C)cc1C(=O)c1ccc(N(C)C)cc1C(=O)O. The van der Waals surface area contributed by atoms with Crippen molar-refractivity contribution in [3.8, 4) is 11.5 Å². The molecule has 0 aromatic heterocycles. The van der Waals surface area contributed by atoms with Crippen LogP contribution in [0.15, 0.2) is 54.6 Å². The number of ether oxygens (including phenoxy) is 2. The van der Waals surface area contributed by atoms with Crippen LogP contribution in [0, 0.1) is 0 Å². The number of para-hydroxylation sites is 1. The molecule has 3 rings (SSSR count). The van der Waals surface area contributed by atoms with Crippen molar-refractivity contribution in [3.63, 3.8) is 0 Å². The number of carbonyl (C=O) groups is 3. The molecule has 0 atom stereocenters. The van der Waals surface area contributed by atoms with E-state index >= 15 is 0 Å². The van der Waals surface area contributed by atoms with Gasteiger partial charge in [0.1, 0.15) is 11.5 Å². The monoisotopic (exact) mass is 476 g/mol. The van der Waals surface area contributed by atoms with Crippen molar-refractivity contribution in [1.82, 2.24) is 0 Å². The summed E-state index contributed by atoms with van der Waals surface area (Å²) in [5.74, 6) is -1.79. The third-order valence-electron chi connectivity index (χ3n) is 5.64. The molecule has 0 aliphatic rings. The number of aromatic carboxylic acids is 1. The quantitative estimate of drug-likeness (QED) is 0.463. The van der Waals surface area contributed by atoms with Gasteiger partial charge in [-0.3, -0.25) is 9.59 Å². The first-order valence-electron chi connectivity index (χ1n) is 10.8. The summed E-state index contributed by atoms with van der Waals surface area (Å²) in [5, 5.41) is 9.85. The largest absolute Gasteiger partial charge is 0.496 e. The molecule has 0 aliphatic heterocycles. The second kappa shape index (κ2) is 10.3. The minimum Gasteiger partial charge on any atom is -0.496 e. The average Bonchev–Trinajstić information content (AvgIpc) is 2.86. The van der Waals surface area contributed by atoms with E-state index in [1.54, 1.807) is 80.5 Å². The number of nitrogens with zero attached hydrogens (tertiary/aromatic N) is 2. The highest BCUT2D eigenvalue weighted by Gasteiger charge is 2.29. The molecule has 8 nitrogen and oxygen atoms in total. The minimum absolute atomic E-state index is 0.0284. The Kier molecular flexibility index (Phi) is 7.44. The van der Waals surface area contributed by atoms with E-state index in [2.05, 4.69) is 0 Å². The van der Waals surface area contributed by atoms with Gasteiger partial charge in [-0.2, -0.15) is 0 Å². The van der Waals surface area contributed by atoms with Gasteiger partial charge in [-0.05, 0) is 36.4 Å². The summed E-state index contributed by atoms with van der Waals surface area (Å²) < 4.78 is 10.9. The van der Waals surface area contributed by atoms with E-state index in [-0.39, 0.29) is 33.6 Å². The van der Waals surface area contributed by atoms with Gasteiger partial charge < -0.3 is 24.4 Å². The predicted molar refractivity (Wildman–Crippen MR) is 135 cm³/mol. The van der Waals surface area contributed by atoms with Crippen molar-refractivity contribution in [1.29, 1.82) is 0 Å². The molecule has 0 unspecified atom stereocenters. The zero-order valence-corrected chi connectivity index (χ0v) is 20.6. The van der Waals surface area contributed by atoms with Crippen LogP contribution in [0.25, 0.3) is 0 Å². The van der Waals surface area contributed by atoms with Gasteiger partial charge in [0, 0.05) is 56.8 Å². The molecule has 35 heavy (non-hydrogen) atoms. The lowest BCUT2D eigenvalue weighted by molar-refractivity contribution is 0.0692. The van der Waals surface area contributed by atoms with Crippen molar-refractivity contribution < 1.29 is 29.0 Å². The molecule has 0 fully saturated rings. The van der Waals surface area contributed by atoms with E-state index < -0.39 is 17.5 Å². The highest BCUT2D eigenvalue weighted by atomic mass is 16.5. The molecular weight excluding hydrogens is 448 g/mol. The number of benzene rings is 3. The summed E-state index contributed by atoms with van der Waals surface area (Å²) in [4.78, 5) is 43.2. The Bertz CT molecular complexity index is 1300. The van der Waals surface area contributed by atoms with Crippen LogP contribution in [0.5, 0.6) is 11.5 Å². The van der Waals surface area contributed by atoms with Crippen LogP contribution in [0.1, 0.15) is 42.2 Å². The van der Waals surface area contributed by atoms with Gasteiger partial charge >= 0.3 is 5.97 Å². The van der Waals surface area contributed by atoms with Crippen LogP contribution in [-0.4, -0.2) is 65.1 Å². The molecule has 182 valence electrons. The number of carbonyl (C=O) groups excluding carboxylic acids is 2. The van der Waals surface area contributed by atoms with Gasteiger partial charge in [0.2, 0.25) is 5.78 Å². The maximum absolute atomic E-state index is 13.9. The number of methoxy groups -OCH3 is 2. The van der Waals surface area contributed by atoms with Crippen LogP contribution in [-0.2, 0) is 0 Å². The second-order valence-corrected chi connectivity index (χ2v) is 8.25. The number of rotatable bonds is 9. The Labute approximate surface area is 204 Å². The topological polar surface area (TPSA) is 96.4 Å². The van der Waals surface area contributed by atoms with Gasteiger partial charge in [-0.25, -0.2) is 4.79 Å². The summed E-state index contributed by atoms with van der Waals surface area (Å²) >= 11 is 0. The van der Waals surface area contributed by atoms with Crippen molar-refractivity contribution in [3.05, 3.63) is 82.4 Å². The molecule has 3 aromatic rings. The first kappa shape index (κ1) is 25.3. The fourth-order valence-electron chi connectivity index (χ4n) is 3.73. The van der Waals surface area contributed by atoms with Crippen LogP contribution in [0.3, 0.4) is 0 Å². The third-order valence-corrected chi connectivity index (χ3v) is 5.64. The molecule has 1 N–H and O–H groups in total. The first-order chi connectivity index (χ1) is 16.6. The van der Waals surface area contributed by atoms with E-state index in [4.69, 9.17) is 9.47 Å². The van der Waals surface area contributed by atoms with Gasteiger partial charge in [0.15, 0.2) is 5.78 Å². The molecule has 0 amide bonds. The number of carboxylic acid groups (broad SMARTS) is 1. The van der Waals surface area contributed by atoms with E-state index in [1.807, 2.05) is 0 Å². The lowest BCUT2D eigenvalue weighted by atomic mass is 9.89. The Balaban J connectivity index is 2.32. The van der Waals surface area contributed by atoms with Gasteiger partial charge in [0.25, 0.3) is 0 Å². The van der Waals surface area contributed by atoms with Gasteiger partial charge in [-0.1, -0.05) is 12.1 Å². The molecule has 0 radical (unpaired) electrons. The number of hydrogen-bond donors (Lipinski definition) is 1. The summed E-state index contributed by atoms with van der Waals surface area (Å²) in [6.07, 6.45) is 0. The number of carboxylic acids is 1. The standard InChI is InChI=1S/C27H28N2O6/c1-28(2)16-11-12-18(20(13-16)27(32)33)25(30)21-14-17(29(3)4)15-23(35-6)24(21)26(31)19-9-7-8-10-22(19)34-5/h7-15H,1-6H3,(H,32,33). The highest BCUT2D eigenvalue weighted by Crippen LogP contribution is 2.35. The summed E-state index contributed by atoms with van der Waals surface area (Å²) in [5.41, 5.74) is 1.36. The lowest BCUT2D eigenvalue weighted by Crippen LogP contribution is -2.19. The van der Waals surface area contributed by atoms with Crippen molar-refractivity contribution >= 4 is 28.9 Å². The summed E-state index contributed by atoms with van der Waals surface area (Å²) in [7, 11) is 10.0. The molecule has 0 aliphatic carbocycles. The Morgan fingerprint density at radius 3 is 1.83 bits per heavy atom. The van der Waals surface area contributed by atoms with Crippen LogP contribution < -0.4 is 19.3 Å². The Morgan fingerprint density at radius 1 is 0.657 bits per heavy atom. The Morgan fingerprint density at radius 2 is 1.26 bits per heavy atom. The summed E-state index contributed by atoms with van der Waals surface area (Å²) in [6.45, 7) is 0. The van der Waals surface area contributed by atoms with Crippen LogP contribution >= 0.6 is 0 Å². The highest BCUT2D eigenvalue weighted by molar-refractivity contribution is 6.23.